The predicted molar refractivity (Wildman–Crippen MR) is 451 cm³/mol. The molecule has 506 valence electrons. The lowest BCUT2D eigenvalue weighted by Gasteiger charge is -2.10. The molecule has 0 unspecified atom stereocenters. The number of aromatic nitrogens is 4. The van der Waals surface area contributed by atoms with Crippen LogP contribution in [0, 0.1) is 66.2 Å². The zero-order chi connectivity index (χ0) is 72.9. The first-order valence-corrected chi connectivity index (χ1v) is 35.8. The van der Waals surface area contributed by atoms with Crippen molar-refractivity contribution in [2.45, 2.75) is 41.5 Å². The van der Waals surface area contributed by atoms with E-state index in [1.807, 2.05) is 122 Å². The average molecular weight is 1360 g/mol. The molecular formula is C102H78N4. The predicted octanol–water partition coefficient (Wildman–Crippen LogP) is 26.4. The Balaban J connectivity index is 0.000000108. The van der Waals surface area contributed by atoms with Crippen LogP contribution in [0.15, 0.2) is 352 Å². The molecule has 1 aliphatic rings. The van der Waals surface area contributed by atoms with Crippen LogP contribution in [0.2, 0.25) is 0 Å². The van der Waals surface area contributed by atoms with E-state index in [0.717, 1.165) is 72.7 Å². The third-order valence-corrected chi connectivity index (χ3v) is 19.1. The lowest BCUT2D eigenvalue weighted by molar-refractivity contribution is 1.10. The Labute approximate surface area is 622 Å². The van der Waals surface area contributed by atoms with Gasteiger partial charge in [0, 0.05) is 38.6 Å². The van der Waals surface area contributed by atoms with Crippen LogP contribution in [0.25, 0.3) is 143 Å². The molecule has 18 aromatic rings. The molecule has 0 amide bonds. The average Bonchev–Trinajstić information content (AvgIpc) is 1.45. The third-order valence-electron chi connectivity index (χ3n) is 19.1. The topological polar surface area (TPSA) is 51.6 Å². The Morgan fingerprint density at radius 3 is 1.17 bits per heavy atom. The Morgan fingerprint density at radius 1 is 0.226 bits per heavy atom. The van der Waals surface area contributed by atoms with Gasteiger partial charge < -0.3 is 0 Å². The summed E-state index contributed by atoms with van der Waals surface area (Å²) in [5.74, 6) is 6.88. The number of para-hydroxylation sites is 2. The molecule has 2 aromatic heterocycles. The zero-order valence-electron chi connectivity index (χ0n) is 60.4. The summed E-state index contributed by atoms with van der Waals surface area (Å²) in [5, 5.41) is 13.1. The van der Waals surface area contributed by atoms with Crippen molar-refractivity contribution in [3.8, 4) is 103 Å². The quantitative estimate of drug-likeness (QED) is 0.127. The second-order valence-corrected chi connectivity index (χ2v) is 26.7. The molecular weight excluding hydrogens is 1280 g/mol. The fourth-order valence-corrected chi connectivity index (χ4v) is 13.9. The summed E-state index contributed by atoms with van der Waals surface area (Å²) >= 11 is 0. The van der Waals surface area contributed by atoms with E-state index in [-0.39, 0.29) is 0 Å². The van der Waals surface area contributed by atoms with Gasteiger partial charge in [0.2, 0.25) is 0 Å². The highest BCUT2D eigenvalue weighted by molar-refractivity contribution is 6.25. The fraction of sp³-hybridized carbons (Fsp3) is 0.0588. The fourth-order valence-electron chi connectivity index (χ4n) is 13.9. The molecule has 0 fully saturated rings. The van der Waals surface area contributed by atoms with Gasteiger partial charge in [-0.1, -0.05) is 343 Å². The molecule has 1 aliphatic carbocycles. The summed E-state index contributed by atoms with van der Waals surface area (Å²) in [7, 11) is 0. The molecule has 0 radical (unpaired) electrons. The molecule has 106 heavy (non-hydrogen) atoms. The molecule has 0 aliphatic heterocycles. The largest absolute Gasteiger partial charge is 0.233 e. The van der Waals surface area contributed by atoms with Crippen LogP contribution in [0.3, 0.4) is 0 Å². The van der Waals surface area contributed by atoms with Gasteiger partial charge in [0.15, 0.2) is 5.82 Å². The van der Waals surface area contributed by atoms with Crippen LogP contribution in [0.5, 0.6) is 0 Å². The molecule has 19 rings (SSSR count). The van der Waals surface area contributed by atoms with Gasteiger partial charge in [-0.25, -0.2) is 19.9 Å². The molecule has 0 spiro atoms. The first-order chi connectivity index (χ1) is 51.9. The van der Waals surface area contributed by atoms with Gasteiger partial charge in [0.05, 0.1) is 22.4 Å². The number of fused-ring (bicyclic) bond motifs is 11. The number of aryl methyl sites for hydroxylation is 6. The molecule has 0 N–H and O–H groups in total. The van der Waals surface area contributed by atoms with Gasteiger partial charge in [0.25, 0.3) is 0 Å². The van der Waals surface area contributed by atoms with Crippen molar-refractivity contribution < 1.29 is 0 Å². The molecule has 16 aromatic carbocycles. The molecule has 4 heteroatoms. The molecule has 0 saturated carbocycles. The Morgan fingerprint density at radius 2 is 0.613 bits per heavy atom. The summed E-state index contributed by atoms with van der Waals surface area (Å²) in [5.41, 5.74) is 25.8. The second kappa shape index (κ2) is 32.1. The lowest BCUT2D eigenvalue weighted by Crippen LogP contribution is -1.95. The maximum absolute atomic E-state index is 5.38. The Kier molecular flexibility index (Phi) is 21.1. The number of nitrogens with zero attached hydrogens (tertiary/aromatic N) is 4. The van der Waals surface area contributed by atoms with Gasteiger partial charge in [0.1, 0.15) is 5.82 Å². The monoisotopic (exact) mass is 1360 g/mol. The molecule has 0 atom stereocenters. The first-order valence-electron chi connectivity index (χ1n) is 35.8. The summed E-state index contributed by atoms with van der Waals surface area (Å²) in [6.07, 6.45) is 10.7. The van der Waals surface area contributed by atoms with Gasteiger partial charge in [-0.05, 0) is 177 Å². The minimum absolute atomic E-state index is 0.770. The molecule has 2 heterocycles. The van der Waals surface area contributed by atoms with E-state index in [4.69, 9.17) is 22.8 Å². The highest BCUT2D eigenvalue weighted by Gasteiger charge is 2.21. The number of terminal acetylenes is 2. The number of rotatable bonds is 5. The smallest absolute Gasteiger partial charge is 0.160 e. The van der Waals surface area contributed by atoms with Gasteiger partial charge >= 0.3 is 0 Å². The summed E-state index contributed by atoms with van der Waals surface area (Å²) < 4.78 is 0. The molecule has 4 nitrogen and oxygen atoms in total. The summed E-state index contributed by atoms with van der Waals surface area (Å²) in [6, 6.07) is 122. The van der Waals surface area contributed by atoms with Gasteiger partial charge in [-0.15, -0.1) is 12.8 Å². The van der Waals surface area contributed by atoms with Gasteiger partial charge in [-0.3, -0.25) is 0 Å². The van der Waals surface area contributed by atoms with Crippen molar-refractivity contribution in [1.82, 2.24) is 19.9 Å². The van der Waals surface area contributed by atoms with E-state index in [1.165, 1.54) is 115 Å². The summed E-state index contributed by atoms with van der Waals surface area (Å²) in [6.45, 7) is 12.5. The van der Waals surface area contributed by atoms with Gasteiger partial charge in [-0.2, -0.15) is 0 Å². The number of benzene rings is 16. The molecule has 0 bridgehead atoms. The third kappa shape index (κ3) is 15.6. The zero-order valence-corrected chi connectivity index (χ0v) is 60.4. The van der Waals surface area contributed by atoms with Crippen molar-refractivity contribution in [3.05, 3.63) is 397 Å². The van der Waals surface area contributed by atoms with Crippen LogP contribution in [-0.4, -0.2) is 19.9 Å². The van der Waals surface area contributed by atoms with Crippen LogP contribution in [0.4, 0.5) is 0 Å². The standard InChI is InChI=1S/C21H16N2.C19H14.C17H12.C15H12N2.2C15H12/c1-15-8-7-11-17(14-15)21-22-19-13-6-5-12-18(19)20(23-21)16-9-3-2-4-10-16;1-13-10-11-18-16-8-3-2-6-14(16)15-7-4-5-9-17(15)19(18)12-13;1-11-9-10-16-14-6-3-2-5-13(14)15-8-4-7-12(11)17(15)16;1-11-16-14-10-6-5-9-13(14)15(17-11)12-7-3-2-4-8-12;1-3-13-7-5-9-15(11-13)14-8-4-6-12(2)10-14;1-3-13-5-4-6-15(11-13)14-9-7-12(2)8-10-14/h2-14H,1H3;2-12H,1H3;2*2-10H,1H3;2*1,4-11H,2H3. The Bertz CT molecular complexity index is 6230. The number of hydrogen-bond acceptors (Lipinski definition) is 4. The normalized spacial score (nSPS) is 10.7. The van der Waals surface area contributed by atoms with Crippen molar-refractivity contribution in [3.63, 3.8) is 0 Å². The van der Waals surface area contributed by atoms with Crippen LogP contribution >= 0.6 is 0 Å². The van der Waals surface area contributed by atoms with Crippen LogP contribution < -0.4 is 0 Å². The highest BCUT2D eigenvalue weighted by Crippen LogP contribution is 2.47. The van der Waals surface area contributed by atoms with E-state index >= 15 is 0 Å². The van der Waals surface area contributed by atoms with Crippen molar-refractivity contribution in [2.24, 2.45) is 0 Å². The Hall–Kier alpha value is -13.6. The van der Waals surface area contributed by atoms with Crippen LogP contribution in [0.1, 0.15) is 44.8 Å². The SMILES string of the molecule is C#Cc1cccc(-c2ccc(C)cc2)c1.C#Cc1cccc(-c2cccc(C)c2)c1.Cc1ccc2c3c(cccc13)-c1ccccc1-2.Cc1ccc2c3ccccc3c3ccccc3c2c1.Cc1cccc(-c2nc(-c3ccccc3)c3ccccc3n2)c1.Cc1nc(-c2ccccc2)c2ccccc2n1. The summed E-state index contributed by atoms with van der Waals surface area (Å²) in [4.78, 5) is 18.6. The maximum Gasteiger partial charge on any atom is 0.160 e. The van der Waals surface area contributed by atoms with Crippen molar-refractivity contribution in [1.29, 1.82) is 0 Å². The second-order valence-electron chi connectivity index (χ2n) is 26.7. The first kappa shape index (κ1) is 69.4. The number of hydrogen-bond donors (Lipinski definition) is 0. The van der Waals surface area contributed by atoms with E-state index in [1.54, 1.807) is 0 Å². The lowest BCUT2D eigenvalue weighted by atomic mass is 9.93. The maximum atomic E-state index is 5.38. The van der Waals surface area contributed by atoms with Crippen molar-refractivity contribution in [2.75, 3.05) is 0 Å². The van der Waals surface area contributed by atoms with E-state index < -0.39 is 0 Å². The van der Waals surface area contributed by atoms with E-state index in [2.05, 4.69) is 293 Å². The molecule has 0 saturated heterocycles. The minimum Gasteiger partial charge on any atom is -0.233 e. The van der Waals surface area contributed by atoms with E-state index in [9.17, 15) is 0 Å². The highest BCUT2D eigenvalue weighted by atomic mass is 14.9. The van der Waals surface area contributed by atoms with E-state index in [0.29, 0.717) is 0 Å². The van der Waals surface area contributed by atoms with Crippen molar-refractivity contribution >= 4 is 64.9 Å². The van der Waals surface area contributed by atoms with Crippen LogP contribution in [-0.2, 0) is 0 Å². The minimum atomic E-state index is 0.770.